The van der Waals surface area contributed by atoms with E-state index < -0.39 is 10.0 Å². The van der Waals surface area contributed by atoms with Crippen LogP contribution in [0.2, 0.25) is 0 Å². The molecule has 2 rings (SSSR count). The predicted octanol–water partition coefficient (Wildman–Crippen LogP) is 1.13. The Morgan fingerprint density at radius 2 is 2.37 bits per heavy atom. The van der Waals surface area contributed by atoms with Crippen molar-refractivity contribution in [3.8, 4) is 0 Å². The van der Waals surface area contributed by atoms with Gasteiger partial charge in [-0.1, -0.05) is 5.16 Å². The van der Waals surface area contributed by atoms with E-state index in [0.29, 0.717) is 4.47 Å². The number of hydrogen-bond acceptors (Lipinski definition) is 6. The molecule has 0 fully saturated rings. The summed E-state index contributed by atoms with van der Waals surface area (Å²) in [7, 11) is -3.78. The summed E-state index contributed by atoms with van der Waals surface area (Å²) >= 11 is 4.20. The summed E-state index contributed by atoms with van der Waals surface area (Å²) < 4.78 is 27.1. The second-order valence-electron chi connectivity index (χ2n) is 3.31. The molecule has 8 nitrogen and oxygen atoms in total. The van der Waals surface area contributed by atoms with Crippen LogP contribution in [0, 0.1) is 0 Å². The van der Waals surface area contributed by atoms with Gasteiger partial charge in [0.2, 0.25) is 0 Å². The van der Waals surface area contributed by atoms with Crippen LogP contribution in [0.25, 0.3) is 0 Å². The van der Waals surface area contributed by atoms with Gasteiger partial charge < -0.3 is 10.9 Å². The molecule has 0 radical (unpaired) electrons. The lowest BCUT2D eigenvalue weighted by Crippen LogP contribution is -2.18. The van der Waals surface area contributed by atoms with Gasteiger partial charge in [0.25, 0.3) is 10.0 Å². The van der Waals surface area contributed by atoms with E-state index in [1.807, 2.05) is 0 Å². The van der Waals surface area contributed by atoms with Crippen LogP contribution in [0.1, 0.15) is 5.56 Å². The molecule has 0 unspecified atom stereocenters. The van der Waals surface area contributed by atoms with Crippen molar-refractivity contribution >= 4 is 48.9 Å². The third kappa shape index (κ3) is 2.72. The molecule has 2 heterocycles. The van der Waals surface area contributed by atoms with Gasteiger partial charge in [0.1, 0.15) is 5.82 Å². The van der Waals surface area contributed by atoms with Crippen LogP contribution in [0.15, 0.2) is 31.5 Å². The lowest BCUT2D eigenvalue weighted by atomic mass is 10.3. The van der Waals surface area contributed by atoms with E-state index in [2.05, 4.69) is 36.0 Å². The quantitative estimate of drug-likeness (QED) is 0.279. The lowest BCUT2D eigenvalue weighted by Gasteiger charge is -2.06. The molecule has 0 aliphatic rings. The highest BCUT2D eigenvalue weighted by atomic mass is 79.9. The standard InChI is InChI=1S/C8H8BrN5O3S2/c9-5-1-2-18-8(5)19(16,17)14-7-4(3-11-12-7)6(10)13-15/h1-3,15H,(H2,10,13)(H2,11,12,14). The SMILES string of the molecule is NC(=NO)c1cn[nH]c1NS(=O)(=O)c1sccc1Br. The van der Waals surface area contributed by atoms with Gasteiger partial charge in [0.15, 0.2) is 10.0 Å². The van der Waals surface area contributed by atoms with Crippen molar-refractivity contribution in [2.45, 2.75) is 4.21 Å². The van der Waals surface area contributed by atoms with Crippen LogP contribution in [-0.4, -0.2) is 29.7 Å². The second kappa shape index (κ2) is 5.19. The maximum Gasteiger partial charge on any atom is 0.273 e. The van der Waals surface area contributed by atoms with Gasteiger partial charge in [-0.15, -0.1) is 11.3 Å². The molecule has 0 aromatic carbocycles. The Hall–Kier alpha value is -1.59. The molecule has 19 heavy (non-hydrogen) atoms. The van der Waals surface area contributed by atoms with Crippen LogP contribution in [0.4, 0.5) is 5.82 Å². The number of amidine groups is 1. The third-order valence-electron chi connectivity index (χ3n) is 2.09. The lowest BCUT2D eigenvalue weighted by molar-refractivity contribution is 0.318. The fourth-order valence-electron chi connectivity index (χ4n) is 1.26. The molecule has 0 aliphatic heterocycles. The topological polar surface area (TPSA) is 133 Å². The van der Waals surface area contributed by atoms with Gasteiger partial charge in [-0.3, -0.25) is 9.82 Å². The normalized spacial score (nSPS) is 12.6. The van der Waals surface area contributed by atoms with E-state index in [1.54, 1.807) is 11.4 Å². The maximum atomic E-state index is 12.1. The summed E-state index contributed by atoms with van der Waals surface area (Å²) in [6.07, 6.45) is 1.25. The van der Waals surface area contributed by atoms with Crippen LogP contribution in [0.3, 0.4) is 0 Å². The Morgan fingerprint density at radius 1 is 1.63 bits per heavy atom. The number of aromatic amines is 1. The van der Waals surface area contributed by atoms with Crippen molar-refractivity contribution in [1.82, 2.24) is 10.2 Å². The van der Waals surface area contributed by atoms with Gasteiger partial charge >= 0.3 is 0 Å². The molecule has 5 N–H and O–H groups in total. The number of hydrogen-bond donors (Lipinski definition) is 4. The number of sulfonamides is 1. The number of nitrogens with two attached hydrogens (primary N) is 1. The van der Waals surface area contributed by atoms with Gasteiger partial charge in [-0.05, 0) is 27.4 Å². The number of oxime groups is 1. The van der Waals surface area contributed by atoms with Crippen LogP contribution in [0.5, 0.6) is 0 Å². The van der Waals surface area contributed by atoms with E-state index >= 15 is 0 Å². The molecular weight excluding hydrogens is 358 g/mol. The summed E-state index contributed by atoms with van der Waals surface area (Å²) in [6, 6.07) is 1.62. The number of halogens is 1. The molecule has 2 aromatic heterocycles. The smallest absolute Gasteiger partial charge is 0.273 e. The zero-order valence-electron chi connectivity index (χ0n) is 9.16. The van der Waals surface area contributed by atoms with Gasteiger partial charge in [-0.2, -0.15) is 5.10 Å². The Labute approximate surface area is 120 Å². The molecule has 0 aliphatic carbocycles. The average Bonchev–Trinajstić information content (AvgIpc) is 2.96. The number of rotatable bonds is 4. The van der Waals surface area contributed by atoms with Crippen molar-refractivity contribution in [3.63, 3.8) is 0 Å². The summed E-state index contributed by atoms with van der Waals surface area (Å²) in [5.74, 6) is -0.229. The molecule has 0 saturated carbocycles. The summed E-state index contributed by atoms with van der Waals surface area (Å²) in [5, 5.41) is 19.1. The van der Waals surface area contributed by atoms with Crippen molar-refractivity contribution in [3.05, 3.63) is 27.7 Å². The number of nitrogens with zero attached hydrogens (tertiary/aromatic N) is 2. The summed E-state index contributed by atoms with van der Waals surface area (Å²) in [6.45, 7) is 0. The van der Waals surface area contributed by atoms with E-state index in [9.17, 15) is 8.42 Å². The van der Waals surface area contributed by atoms with E-state index in [-0.39, 0.29) is 21.4 Å². The van der Waals surface area contributed by atoms with Crippen LogP contribution in [-0.2, 0) is 10.0 Å². The Morgan fingerprint density at radius 3 is 2.95 bits per heavy atom. The molecule has 0 atom stereocenters. The average molecular weight is 366 g/mol. The largest absolute Gasteiger partial charge is 0.409 e. The Kier molecular flexibility index (Phi) is 3.78. The highest BCUT2D eigenvalue weighted by Gasteiger charge is 2.22. The molecular formula is C8H8BrN5O3S2. The zero-order chi connectivity index (χ0) is 14.0. The minimum atomic E-state index is -3.78. The molecule has 102 valence electrons. The number of thiophene rings is 1. The number of H-pyrrole nitrogens is 1. The van der Waals surface area contributed by atoms with E-state index in [4.69, 9.17) is 10.9 Å². The molecule has 0 saturated heterocycles. The first kappa shape index (κ1) is 13.8. The number of aromatic nitrogens is 2. The predicted molar refractivity (Wildman–Crippen MR) is 73.9 cm³/mol. The van der Waals surface area contributed by atoms with Crippen molar-refractivity contribution in [2.75, 3.05) is 4.72 Å². The molecule has 11 heteroatoms. The fourth-order valence-corrected chi connectivity index (χ4v) is 4.64. The Balaban J connectivity index is 2.37. The molecule has 0 spiro atoms. The summed E-state index contributed by atoms with van der Waals surface area (Å²) in [5.41, 5.74) is 5.56. The van der Waals surface area contributed by atoms with Gasteiger partial charge in [0, 0.05) is 4.47 Å². The first-order valence-electron chi connectivity index (χ1n) is 4.73. The first-order chi connectivity index (χ1) is 8.95. The van der Waals surface area contributed by atoms with Crippen molar-refractivity contribution in [2.24, 2.45) is 10.9 Å². The first-order valence-corrected chi connectivity index (χ1v) is 7.88. The highest BCUT2D eigenvalue weighted by Crippen LogP contribution is 2.29. The fraction of sp³-hybridized carbons (Fsp3) is 0. The second-order valence-corrected chi connectivity index (χ2v) is 6.95. The van der Waals surface area contributed by atoms with Crippen LogP contribution >= 0.6 is 27.3 Å². The minimum Gasteiger partial charge on any atom is -0.409 e. The third-order valence-corrected chi connectivity index (χ3v) is 6.11. The highest BCUT2D eigenvalue weighted by molar-refractivity contribution is 9.10. The zero-order valence-corrected chi connectivity index (χ0v) is 12.4. The number of anilines is 1. The van der Waals surface area contributed by atoms with Crippen molar-refractivity contribution < 1.29 is 13.6 Å². The van der Waals surface area contributed by atoms with E-state index in [0.717, 1.165) is 11.3 Å². The van der Waals surface area contributed by atoms with E-state index in [1.165, 1.54) is 6.20 Å². The Bertz CT molecular complexity index is 720. The molecule has 0 amide bonds. The minimum absolute atomic E-state index is 0.0237. The van der Waals surface area contributed by atoms with Gasteiger partial charge in [0.05, 0.1) is 11.8 Å². The number of nitrogens with one attached hydrogen (secondary N) is 2. The monoisotopic (exact) mass is 365 g/mol. The molecule has 2 aromatic rings. The summed E-state index contributed by atoms with van der Waals surface area (Å²) in [4.78, 5) is 0. The maximum absolute atomic E-state index is 12.1. The van der Waals surface area contributed by atoms with Gasteiger partial charge in [-0.25, -0.2) is 8.42 Å². The van der Waals surface area contributed by atoms with Crippen molar-refractivity contribution in [1.29, 1.82) is 0 Å². The van der Waals surface area contributed by atoms with Crippen LogP contribution < -0.4 is 10.5 Å². The molecule has 0 bridgehead atoms.